The zero-order valence-corrected chi connectivity index (χ0v) is 14.1. The molecule has 0 atom stereocenters. The van der Waals surface area contributed by atoms with Gasteiger partial charge < -0.3 is 5.99 Å². The fourth-order valence-corrected chi connectivity index (χ4v) is 3.45. The van der Waals surface area contributed by atoms with E-state index in [1.165, 1.54) is 11.1 Å². The Morgan fingerprint density at radius 3 is 1.40 bits per heavy atom. The molecule has 0 fully saturated rings. The molecule has 0 saturated heterocycles. The van der Waals surface area contributed by atoms with Gasteiger partial charge in [0.2, 0.25) is 0 Å². The van der Waals surface area contributed by atoms with Crippen molar-refractivity contribution < 1.29 is 20.3 Å². The van der Waals surface area contributed by atoms with E-state index in [9.17, 15) is 0 Å². The summed E-state index contributed by atoms with van der Waals surface area (Å²) in [7, 11) is -1.32. The average molecular weight is 277 g/mol. The molecule has 0 aliphatic heterocycles. The van der Waals surface area contributed by atoms with Crippen molar-refractivity contribution in [2.24, 2.45) is 0 Å². The van der Waals surface area contributed by atoms with Crippen LogP contribution in [0.15, 0.2) is 60.7 Å². The van der Waals surface area contributed by atoms with Crippen LogP contribution in [0, 0.1) is 0 Å². The van der Waals surface area contributed by atoms with Crippen LogP contribution >= 0.6 is 0 Å². The van der Waals surface area contributed by atoms with Crippen molar-refractivity contribution in [3.05, 3.63) is 71.8 Å². The molecule has 0 aromatic heterocycles. The van der Waals surface area contributed by atoms with E-state index in [4.69, 9.17) is 0 Å². The van der Waals surface area contributed by atoms with Crippen LogP contribution in [0.25, 0.3) is 0 Å². The molecule has 0 bridgehead atoms. The predicted octanol–water partition coefficient (Wildman–Crippen LogP) is 1.64. The molecule has 102 valence electrons. The van der Waals surface area contributed by atoms with Crippen LogP contribution in [-0.4, -0.2) is 12.8 Å². The first-order chi connectivity index (χ1) is 9.05. The van der Waals surface area contributed by atoms with Gasteiger partial charge in [0, 0.05) is 13.1 Å². The molecular formula is C17H24LiNSi. The van der Waals surface area contributed by atoms with Gasteiger partial charge in [-0.15, -0.1) is 0 Å². The second-order valence-corrected chi connectivity index (χ2v) is 11.0. The van der Waals surface area contributed by atoms with Gasteiger partial charge in [-0.3, -0.25) is 0 Å². The second-order valence-electron chi connectivity index (χ2n) is 6.00. The molecule has 0 heterocycles. The van der Waals surface area contributed by atoms with Gasteiger partial charge in [-0.25, -0.2) is 0 Å². The average Bonchev–Trinajstić information content (AvgIpc) is 2.39. The van der Waals surface area contributed by atoms with Gasteiger partial charge in [-0.05, 0) is 11.1 Å². The molecular weight excluding hydrogens is 253 g/mol. The van der Waals surface area contributed by atoms with Crippen molar-refractivity contribution in [3.63, 3.8) is 0 Å². The molecule has 0 amide bonds. The topological polar surface area (TPSA) is 3.24 Å². The Hall–Kier alpha value is -0.786. The molecule has 0 unspecified atom stereocenters. The maximum Gasteiger partial charge on any atom is 1.00 e. The molecule has 0 radical (unpaired) electrons. The maximum absolute atomic E-state index is 2.65. The van der Waals surface area contributed by atoms with Crippen LogP contribution in [0.4, 0.5) is 0 Å². The summed E-state index contributed by atoms with van der Waals surface area (Å²) in [6.07, 6.45) is 0. The third-order valence-electron chi connectivity index (χ3n) is 3.38. The SMILES string of the molecule is C[Si](C)(C)N(Cc1ccccc1)Cc1ccccc1.[H-].[Li+]. The van der Waals surface area contributed by atoms with Gasteiger partial charge >= 0.3 is 18.9 Å². The van der Waals surface area contributed by atoms with Crippen molar-refractivity contribution in [1.29, 1.82) is 0 Å². The van der Waals surface area contributed by atoms with E-state index in [0.717, 1.165) is 13.1 Å². The van der Waals surface area contributed by atoms with Gasteiger partial charge in [0.15, 0.2) is 0 Å². The molecule has 0 saturated carbocycles. The molecule has 2 aromatic rings. The van der Waals surface area contributed by atoms with Gasteiger partial charge in [-0.2, -0.15) is 0 Å². The fourth-order valence-electron chi connectivity index (χ4n) is 2.14. The summed E-state index contributed by atoms with van der Waals surface area (Å²) in [5.41, 5.74) is 2.81. The molecule has 0 aliphatic carbocycles. The maximum atomic E-state index is 2.65. The summed E-state index contributed by atoms with van der Waals surface area (Å²) in [5, 5.41) is 0. The van der Waals surface area contributed by atoms with Crippen molar-refractivity contribution in [2.45, 2.75) is 32.7 Å². The zero-order valence-electron chi connectivity index (χ0n) is 14.1. The summed E-state index contributed by atoms with van der Waals surface area (Å²) in [4.78, 5) is 0. The molecule has 20 heavy (non-hydrogen) atoms. The van der Waals surface area contributed by atoms with Crippen LogP contribution in [0.2, 0.25) is 19.6 Å². The Morgan fingerprint density at radius 1 is 0.750 bits per heavy atom. The summed E-state index contributed by atoms with van der Waals surface area (Å²) < 4.78 is 2.65. The van der Waals surface area contributed by atoms with E-state index in [2.05, 4.69) is 84.9 Å². The first kappa shape index (κ1) is 17.3. The molecule has 1 nitrogen and oxygen atoms in total. The third-order valence-corrected chi connectivity index (χ3v) is 5.59. The Labute approximate surface area is 137 Å². The van der Waals surface area contributed by atoms with Gasteiger partial charge in [0.05, 0.1) is 0 Å². The quantitative estimate of drug-likeness (QED) is 0.751. The second kappa shape index (κ2) is 7.85. The largest absolute Gasteiger partial charge is 1.00 e. The van der Waals surface area contributed by atoms with E-state index < -0.39 is 8.24 Å². The van der Waals surface area contributed by atoms with Crippen molar-refractivity contribution >= 4 is 8.24 Å². The number of nitrogens with zero attached hydrogens (tertiary/aromatic N) is 1. The third kappa shape index (κ3) is 5.30. The summed E-state index contributed by atoms with van der Waals surface area (Å²) in [5.74, 6) is 0. The van der Waals surface area contributed by atoms with Crippen molar-refractivity contribution in [1.82, 2.24) is 4.57 Å². The normalized spacial score (nSPS) is 11.2. The zero-order chi connectivity index (χ0) is 13.7. The van der Waals surface area contributed by atoms with Crippen LogP contribution in [0.5, 0.6) is 0 Å². The minimum atomic E-state index is -1.32. The summed E-state index contributed by atoms with van der Waals surface area (Å²) in [6.45, 7) is 9.34. The number of benzene rings is 2. The minimum absolute atomic E-state index is 0. The first-order valence-corrected chi connectivity index (χ1v) is 10.3. The number of rotatable bonds is 5. The smallest absolute Gasteiger partial charge is 1.00 e. The van der Waals surface area contributed by atoms with Crippen LogP contribution < -0.4 is 18.9 Å². The van der Waals surface area contributed by atoms with Gasteiger partial charge in [0.25, 0.3) is 0 Å². The Bertz CT molecular complexity index is 458. The molecule has 0 aliphatic rings. The van der Waals surface area contributed by atoms with E-state index in [1.54, 1.807) is 0 Å². The van der Waals surface area contributed by atoms with Gasteiger partial charge in [0.1, 0.15) is 8.24 Å². The minimum Gasteiger partial charge on any atom is -1.00 e. The van der Waals surface area contributed by atoms with Crippen LogP contribution in [0.1, 0.15) is 12.6 Å². The van der Waals surface area contributed by atoms with E-state index in [1.807, 2.05) is 0 Å². The van der Waals surface area contributed by atoms with E-state index in [-0.39, 0.29) is 20.3 Å². The first-order valence-electron chi connectivity index (χ1n) is 6.88. The molecule has 0 spiro atoms. The number of hydrogen-bond donors (Lipinski definition) is 0. The number of hydrogen-bond acceptors (Lipinski definition) is 1. The molecule has 2 rings (SSSR count). The van der Waals surface area contributed by atoms with Crippen LogP contribution in [0.3, 0.4) is 0 Å². The Kier molecular flexibility index (Phi) is 6.78. The van der Waals surface area contributed by atoms with E-state index >= 15 is 0 Å². The Balaban J connectivity index is 0.00000200. The molecule has 3 heteroatoms. The monoisotopic (exact) mass is 277 g/mol. The van der Waals surface area contributed by atoms with Crippen molar-refractivity contribution in [2.75, 3.05) is 0 Å². The van der Waals surface area contributed by atoms with Crippen molar-refractivity contribution in [3.8, 4) is 0 Å². The molecule has 0 N–H and O–H groups in total. The summed E-state index contributed by atoms with van der Waals surface area (Å²) in [6, 6.07) is 21.5. The van der Waals surface area contributed by atoms with E-state index in [0.29, 0.717) is 0 Å². The molecule has 2 aromatic carbocycles. The van der Waals surface area contributed by atoms with Crippen LogP contribution in [-0.2, 0) is 13.1 Å². The predicted molar refractivity (Wildman–Crippen MR) is 86.6 cm³/mol. The standard InChI is InChI=1S/C17H23NSi.Li.H/c1-19(2,3)18(14-16-10-6-4-7-11-16)15-17-12-8-5-9-13-17;;/h4-13H,14-15H2,1-3H3;;/q;+1;-1. The Morgan fingerprint density at radius 2 is 1.10 bits per heavy atom. The fraction of sp³-hybridized carbons (Fsp3) is 0.294. The summed E-state index contributed by atoms with van der Waals surface area (Å²) >= 11 is 0. The van der Waals surface area contributed by atoms with Gasteiger partial charge in [-0.1, -0.05) is 80.3 Å².